The average Bonchev–Trinajstić information content (AvgIpc) is 3.15. The lowest BCUT2D eigenvalue weighted by molar-refractivity contribution is 0.271. The van der Waals surface area contributed by atoms with Crippen molar-refractivity contribution in [2.45, 2.75) is 17.9 Å². The van der Waals surface area contributed by atoms with Crippen molar-refractivity contribution in [3.63, 3.8) is 0 Å². The van der Waals surface area contributed by atoms with Crippen LogP contribution in [0.2, 0.25) is 0 Å². The maximum absolute atomic E-state index is 13.3. The Morgan fingerprint density at radius 2 is 2.04 bits per heavy atom. The largest absolute Gasteiger partial charge is 0.449 e. The number of sulfonamides is 1. The number of oxazole rings is 1. The Hall–Kier alpha value is -2.55. The molecule has 7 nitrogen and oxygen atoms in total. The molecule has 0 spiro atoms. The van der Waals surface area contributed by atoms with Gasteiger partial charge >= 0.3 is 0 Å². The number of nitrogens with one attached hydrogen (secondary N) is 1. The molecule has 0 radical (unpaired) electrons. The van der Waals surface area contributed by atoms with Gasteiger partial charge < -0.3 is 9.73 Å². The topological polar surface area (TPSA) is 88.3 Å². The van der Waals surface area contributed by atoms with Gasteiger partial charge in [0.2, 0.25) is 10.0 Å². The summed E-state index contributed by atoms with van der Waals surface area (Å²) in [5, 5.41) is 3.27. The fraction of sp³-hybridized carbons (Fsp3) is 0.263. The zero-order valence-electron chi connectivity index (χ0n) is 14.9. The van der Waals surface area contributed by atoms with Crippen LogP contribution in [0.5, 0.6) is 0 Å². The van der Waals surface area contributed by atoms with Gasteiger partial charge in [-0.05, 0) is 23.8 Å². The predicted molar refractivity (Wildman–Crippen MR) is 100 cm³/mol. The molecule has 1 aliphatic rings. The number of aryl methyl sites for hydroxylation is 1. The lowest BCUT2D eigenvalue weighted by Crippen LogP contribution is -2.48. The van der Waals surface area contributed by atoms with E-state index < -0.39 is 10.0 Å². The van der Waals surface area contributed by atoms with E-state index >= 15 is 0 Å². The average molecular weight is 384 g/mol. The molecule has 1 atom stereocenters. The smallest absolute Gasteiger partial charge is 0.243 e. The summed E-state index contributed by atoms with van der Waals surface area (Å²) in [5.41, 5.74) is 2.38. The molecule has 4 rings (SSSR count). The van der Waals surface area contributed by atoms with E-state index in [0.717, 1.165) is 11.1 Å². The van der Waals surface area contributed by atoms with E-state index in [-0.39, 0.29) is 10.9 Å². The molecule has 140 valence electrons. The minimum atomic E-state index is -3.63. The van der Waals surface area contributed by atoms with E-state index in [2.05, 4.69) is 15.3 Å². The van der Waals surface area contributed by atoms with E-state index in [4.69, 9.17) is 4.42 Å². The van der Waals surface area contributed by atoms with E-state index in [9.17, 15) is 8.42 Å². The molecule has 1 saturated heterocycles. The Labute approximate surface area is 158 Å². The number of rotatable bonds is 4. The molecule has 0 amide bonds. The number of piperazine rings is 1. The summed E-state index contributed by atoms with van der Waals surface area (Å²) in [5.74, 6) is 0.571. The Kier molecular flexibility index (Phi) is 4.77. The van der Waals surface area contributed by atoms with Gasteiger partial charge in [0.25, 0.3) is 0 Å². The number of aromatic nitrogens is 2. The van der Waals surface area contributed by atoms with E-state index in [1.165, 1.54) is 0 Å². The summed E-state index contributed by atoms with van der Waals surface area (Å²) in [6.45, 7) is 3.35. The van der Waals surface area contributed by atoms with Gasteiger partial charge in [-0.25, -0.2) is 13.4 Å². The molecule has 1 aromatic carbocycles. The summed E-state index contributed by atoms with van der Waals surface area (Å²) in [4.78, 5) is 8.67. The zero-order chi connectivity index (χ0) is 18.9. The van der Waals surface area contributed by atoms with Crippen LogP contribution in [0.25, 0.3) is 11.3 Å². The SMILES string of the molecule is Cc1nc(-c2ccc(S(=O)(=O)N3CCNCC3c3cccnc3)cc2)co1. The highest BCUT2D eigenvalue weighted by Gasteiger charge is 2.34. The highest BCUT2D eigenvalue weighted by Crippen LogP contribution is 2.29. The Bertz CT molecular complexity index is 1020. The first-order valence-electron chi connectivity index (χ1n) is 8.71. The third kappa shape index (κ3) is 3.51. The second kappa shape index (κ2) is 7.22. The Morgan fingerprint density at radius 3 is 2.70 bits per heavy atom. The predicted octanol–water partition coefficient (Wildman–Crippen LogP) is 2.38. The molecule has 8 heteroatoms. The summed E-state index contributed by atoms with van der Waals surface area (Å²) >= 11 is 0. The second-order valence-electron chi connectivity index (χ2n) is 6.40. The zero-order valence-corrected chi connectivity index (χ0v) is 15.7. The standard InChI is InChI=1S/C19H20N4O3S/c1-14-22-18(13-26-14)15-4-6-17(7-5-15)27(24,25)23-10-9-21-12-19(23)16-3-2-8-20-11-16/h2-8,11,13,19,21H,9-10,12H2,1H3. The van der Waals surface area contributed by atoms with Gasteiger partial charge in [-0.2, -0.15) is 4.31 Å². The molecule has 1 aliphatic heterocycles. The summed E-state index contributed by atoms with van der Waals surface area (Å²) in [6, 6.07) is 10.2. The van der Waals surface area contributed by atoms with Crippen LogP contribution in [0.3, 0.4) is 0 Å². The molecule has 3 heterocycles. The molecule has 1 fully saturated rings. The van der Waals surface area contributed by atoms with E-state index in [1.807, 2.05) is 12.1 Å². The summed E-state index contributed by atoms with van der Waals surface area (Å²) < 4.78 is 33.3. The number of hydrogen-bond donors (Lipinski definition) is 1. The van der Waals surface area contributed by atoms with E-state index in [1.54, 1.807) is 54.2 Å². The normalized spacial score (nSPS) is 18.5. The molecule has 1 N–H and O–H groups in total. The highest BCUT2D eigenvalue weighted by molar-refractivity contribution is 7.89. The van der Waals surface area contributed by atoms with Gasteiger partial charge in [0.05, 0.1) is 10.9 Å². The monoisotopic (exact) mass is 384 g/mol. The van der Waals surface area contributed by atoms with Crippen molar-refractivity contribution in [2.75, 3.05) is 19.6 Å². The van der Waals surface area contributed by atoms with Crippen LogP contribution < -0.4 is 5.32 Å². The first kappa shape index (κ1) is 17.8. The first-order chi connectivity index (χ1) is 13.1. The van der Waals surface area contributed by atoms with Gasteiger partial charge in [-0.3, -0.25) is 4.98 Å². The van der Waals surface area contributed by atoms with Crippen LogP contribution in [0, 0.1) is 6.92 Å². The number of benzene rings is 1. The van der Waals surface area contributed by atoms with Crippen molar-refractivity contribution in [1.29, 1.82) is 0 Å². The van der Waals surface area contributed by atoms with Gasteiger partial charge in [0, 0.05) is 44.5 Å². The Balaban J connectivity index is 1.65. The third-order valence-electron chi connectivity index (χ3n) is 4.64. The lowest BCUT2D eigenvalue weighted by atomic mass is 10.1. The number of pyridine rings is 1. The second-order valence-corrected chi connectivity index (χ2v) is 8.29. The summed E-state index contributed by atoms with van der Waals surface area (Å²) in [7, 11) is -3.63. The molecule has 0 bridgehead atoms. The fourth-order valence-corrected chi connectivity index (χ4v) is 4.87. The van der Waals surface area contributed by atoms with Crippen molar-refractivity contribution in [3.8, 4) is 11.3 Å². The minimum absolute atomic E-state index is 0.266. The minimum Gasteiger partial charge on any atom is -0.449 e. The van der Waals surface area contributed by atoms with Crippen molar-refractivity contribution < 1.29 is 12.8 Å². The fourth-order valence-electron chi connectivity index (χ4n) is 3.26. The third-order valence-corrected chi connectivity index (χ3v) is 6.56. The molecule has 3 aromatic rings. The van der Waals surface area contributed by atoms with Crippen LogP contribution >= 0.6 is 0 Å². The quantitative estimate of drug-likeness (QED) is 0.743. The van der Waals surface area contributed by atoms with Gasteiger partial charge in [-0.1, -0.05) is 18.2 Å². The van der Waals surface area contributed by atoms with Crippen LogP contribution in [-0.2, 0) is 10.0 Å². The van der Waals surface area contributed by atoms with Crippen molar-refractivity contribution in [1.82, 2.24) is 19.6 Å². The van der Waals surface area contributed by atoms with Crippen LogP contribution in [0.15, 0.2) is 64.4 Å². The molecule has 0 saturated carbocycles. The Morgan fingerprint density at radius 1 is 1.22 bits per heavy atom. The molecule has 0 aliphatic carbocycles. The summed E-state index contributed by atoms with van der Waals surface area (Å²) in [6.07, 6.45) is 4.96. The van der Waals surface area contributed by atoms with Crippen molar-refractivity contribution in [3.05, 3.63) is 66.5 Å². The molecular formula is C19H20N4O3S. The van der Waals surface area contributed by atoms with Crippen LogP contribution in [0.1, 0.15) is 17.5 Å². The number of nitrogens with zero attached hydrogens (tertiary/aromatic N) is 3. The van der Waals surface area contributed by atoms with Gasteiger partial charge in [0.15, 0.2) is 5.89 Å². The molecule has 27 heavy (non-hydrogen) atoms. The van der Waals surface area contributed by atoms with Crippen LogP contribution in [-0.4, -0.2) is 42.3 Å². The maximum Gasteiger partial charge on any atom is 0.243 e. The van der Waals surface area contributed by atoms with Crippen molar-refractivity contribution >= 4 is 10.0 Å². The van der Waals surface area contributed by atoms with Gasteiger partial charge in [-0.15, -0.1) is 0 Å². The van der Waals surface area contributed by atoms with E-state index in [0.29, 0.717) is 31.2 Å². The molecule has 1 unspecified atom stereocenters. The van der Waals surface area contributed by atoms with Crippen molar-refractivity contribution in [2.24, 2.45) is 0 Å². The molecular weight excluding hydrogens is 364 g/mol. The lowest BCUT2D eigenvalue weighted by Gasteiger charge is -2.35. The first-order valence-corrected chi connectivity index (χ1v) is 10.1. The van der Waals surface area contributed by atoms with Crippen LogP contribution in [0.4, 0.5) is 0 Å². The maximum atomic E-state index is 13.3. The number of hydrogen-bond acceptors (Lipinski definition) is 6. The highest BCUT2D eigenvalue weighted by atomic mass is 32.2. The van der Waals surface area contributed by atoms with Gasteiger partial charge in [0.1, 0.15) is 12.0 Å². The molecule has 2 aromatic heterocycles.